The van der Waals surface area contributed by atoms with Crippen molar-refractivity contribution in [3.63, 3.8) is 0 Å². The number of allylic oxidation sites excluding steroid dienone is 1. The van der Waals surface area contributed by atoms with Gasteiger partial charge in [-0.05, 0) is 55.3 Å². The van der Waals surface area contributed by atoms with Crippen LogP contribution in [-0.4, -0.2) is 62.9 Å². The number of likely N-dealkylation sites (N-methyl/N-ethyl adjacent to an activating group) is 1. The Kier molecular flexibility index (Phi) is 9.51. The number of halogens is 4. The van der Waals surface area contributed by atoms with Crippen LogP contribution in [0.4, 0.5) is 24.8 Å². The number of aromatic nitrogens is 5. The second-order valence-corrected chi connectivity index (χ2v) is 11.4. The molecular weight excluding hydrogens is 625 g/mol. The van der Waals surface area contributed by atoms with E-state index in [4.69, 9.17) is 4.74 Å². The third-order valence-corrected chi connectivity index (χ3v) is 8.47. The average Bonchev–Trinajstić information content (AvgIpc) is 3.69. The lowest BCUT2D eigenvalue weighted by Crippen LogP contribution is -3.00. The van der Waals surface area contributed by atoms with E-state index < -0.39 is 29.4 Å². The van der Waals surface area contributed by atoms with Crippen LogP contribution in [0.5, 0.6) is 0 Å². The minimum Gasteiger partial charge on any atom is -1.00 e. The third kappa shape index (κ3) is 6.16. The van der Waals surface area contributed by atoms with Crippen molar-refractivity contribution >= 4 is 17.6 Å². The molecule has 0 radical (unpaired) electrons. The lowest BCUT2D eigenvalue weighted by atomic mass is 9.88. The molecule has 0 spiro atoms. The van der Waals surface area contributed by atoms with Crippen molar-refractivity contribution in [1.82, 2.24) is 24.7 Å². The van der Waals surface area contributed by atoms with E-state index in [1.807, 2.05) is 6.92 Å². The van der Waals surface area contributed by atoms with Gasteiger partial charge in [0.25, 0.3) is 0 Å². The maximum absolute atomic E-state index is 13.7. The number of carbonyl (C=O) groups excluding carboxylic acids is 1. The molecule has 2 aromatic heterocycles. The third-order valence-electron chi connectivity index (χ3n) is 8.47. The summed E-state index contributed by atoms with van der Waals surface area (Å²) < 4.78 is 47.9. The van der Waals surface area contributed by atoms with E-state index in [-0.39, 0.29) is 41.4 Å². The summed E-state index contributed by atoms with van der Waals surface area (Å²) in [6.07, 6.45) is -0.725. The van der Waals surface area contributed by atoms with Crippen LogP contribution in [0.25, 0.3) is 0 Å². The number of alkyl halides is 3. The summed E-state index contributed by atoms with van der Waals surface area (Å²) in [6, 6.07) is 10.6. The van der Waals surface area contributed by atoms with Crippen LogP contribution in [0.2, 0.25) is 0 Å². The Balaban J connectivity index is 0.00000480. The number of esters is 1. The minimum atomic E-state index is -4.62. The molecule has 2 atom stereocenters. The SMILES string of the molecule is COC(=O)C1=C(C)N(c2cccc(C(F)(F)F)c2)c2n[nH]c(=O)n2C1c1ccc(C#N)cc1CC[N+](C)(C)C(C)c1ncc[nH]1.[Cl-]. The van der Waals surface area contributed by atoms with Gasteiger partial charge < -0.3 is 26.6 Å². The van der Waals surface area contributed by atoms with E-state index in [1.54, 1.807) is 37.5 Å². The van der Waals surface area contributed by atoms with Crippen LogP contribution >= 0.6 is 0 Å². The van der Waals surface area contributed by atoms with E-state index in [0.29, 0.717) is 34.1 Å². The Labute approximate surface area is 268 Å². The number of rotatable bonds is 8. The van der Waals surface area contributed by atoms with E-state index >= 15 is 0 Å². The first-order valence-electron chi connectivity index (χ1n) is 14.1. The van der Waals surface area contributed by atoms with Crippen molar-refractivity contribution in [3.05, 3.63) is 105 Å². The summed E-state index contributed by atoms with van der Waals surface area (Å²) >= 11 is 0. The van der Waals surface area contributed by atoms with Crippen LogP contribution in [0.15, 0.2) is 70.9 Å². The van der Waals surface area contributed by atoms with Crippen LogP contribution in [-0.2, 0) is 22.1 Å². The monoisotopic (exact) mass is 656 g/mol. The molecular formula is C31H32ClF3N8O3. The number of benzene rings is 2. The quantitative estimate of drug-likeness (QED) is 0.218. The first kappa shape index (κ1) is 34.0. The highest BCUT2D eigenvalue weighted by atomic mass is 35.5. The average molecular weight is 657 g/mol. The molecule has 0 saturated heterocycles. The second-order valence-electron chi connectivity index (χ2n) is 11.4. The Morgan fingerprint density at radius 2 is 1.96 bits per heavy atom. The first-order chi connectivity index (χ1) is 21.3. The number of imidazole rings is 1. The number of aromatic amines is 2. The van der Waals surface area contributed by atoms with E-state index in [0.717, 1.165) is 18.0 Å². The molecule has 15 heteroatoms. The van der Waals surface area contributed by atoms with Crippen molar-refractivity contribution in [2.24, 2.45) is 0 Å². The van der Waals surface area contributed by atoms with Crippen LogP contribution in [0.1, 0.15) is 54.0 Å². The van der Waals surface area contributed by atoms with Gasteiger partial charge in [0, 0.05) is 30.2 Å². The standard InChI is InChI=1S/C31H31F3N8O3.ClH/c1-18-25(28(43)45-5)26(41-29(38-39-30(41)44)40(18)23-8-6-7-22(16-23)31(32,33)34)24-10-9-20(17-35)15-21(24)11-14-42(3,4)19(2)27-36-12-13-37-27;/h6-10,12-13,15-16,19,26H,11,14H2,1-5H3,(H-,36,37,39,44);1H. The largest absolute Gasteiger partial charge is 1.00 e. The normalized spacial score (nSPS) is 15.5. The van der Waals surface area contributed by atoms with Crippen LogP contribution in [0, 0.1) is 11.3 Å². The number of nitriles is 1. The van der Waals surface area contributed by atoms with Crippen LogP contribution < -0.4 is 23.0 Å². The van der Waals surface area contributed by atoms with Gasteiger partial charge in [-0.1, -0.05) is 12.1 Å². The van der Waals surface area contributed by atoms with Crippen molar-refractivity contribution in [2.75, 3.05) is 32.6 Å². The molecule has 0 fully saturated rings. The van der Waals surface area contributed by atoms with Gasteiger partial charge in [-0.15, -0.1) is 5.10 Å². The molecule has 5 rings (SSSR count). The fraction of sp³-hybridized carbons (Fsp3) is 0.323. The number of ether oxygens (including phenoxy) is 1. The van der Waals surface area contributed by atoms with Crippen molar-refractivity contribution in [3.8, 4) is 6.07 Å². The number of H-pyrrole nitrogens is 2. The maximum Gasteiger partial charge on any atom is 0.416 e. The highest BCUT2D eigenvalue weighted by molar-refractivity contribution is 5.93. The van der Waals surface area contributed by atoms with Crippen LogP contribution in [0.3, 0.4) is 0 Å². The number of fused-ring (bicyclic) bond motifs is 1. The first-order valence-corrected chi connectivity index (χ1v) is 14.1. The molecule has 2 aromatic carbocycles. The highest BCUT2D eigenvalue weighted by Crippen LogP contribution is 2.43. The molecule has 46 heavy (non-hydrogen) atoms. The van der Waals surface area contributed by atoms with E-state index in [9.17, 15) is 28.0 Å². The topological polar surface area (TPSA) is 133 Å². The number of quaternary nitrogens is 1. The molecule has 0 aliphatic carbocycles. The molecule has 0 bridgehead atoms. The summed E-state index contributed by atoms with van der Waals surface area (Å²) in [5, 5.41) is 16.3. The van der Waals surface area contributed by atoms with Gasteiger partial charge in [-0.2, -0.15) is 18.4 Å². The zero-order valence-corrected chi connectivity index (χ0v) is 26.4. The fourth-order valence-electron chi connectivity index (χ4n) is 5.68. The highest BCUT2D eigenvalue weighted by Gasteiger charge is 2.41. The molecule has 2 N–H and O–H groups in total. The zero-order chi connectivity index (χ0) is 32.7. The molecule has 1 aliphatic rings. The van der Waals surface area contributed by atoms with E-state index in [1.165, 1.54) is 28.7 Å². The molecule has 3 heterocycles. The number of anilines is 2. The van der Waals surface area contributed by atoms with Crippen molar-refractivity contribution < 1.29 is 39.6 Å². The summed E-state index contributed by atoms with van der Waals surface area (Å²) in [7, 11) is 5.30. The van der Waals surface area contributed by atoms with Gasteiger partial charge in [0.05, 0.1) is 50.5 Å². The summed E-state index contributed by atoms with van der Waals surface area (Å²) in [5.41, 5.74) is 0.375. The molecule has 242 valence electrons. The Bertz CT molecular complexity index is 1870. The fourth-order valence-corrected chi connectivity index (χ4v) is 5.68. The van der Waals surface area contributed by atoms with Crippen molar-refractivity contribution in [1.29, 1.82) is 5.26 Å². The van der Waals surface area contributed by atoms with E-state index in [2.05, 4.69) is 40.3 Å². The predicted molar refractivity (Wildman–Crippen MR) is 158 cm³/mol. The molecule has 0 amide bonds. The maximum atomic E-state index is 13.7. The number of carbonyl (C=O) groups is 1. The predicted octanol–water partition coefficient (Wildman–Crippen LogP) is 1.76. The smallest absolute Gasteiger partial charge is 0.416 e. The van der Waals surface area contributed by atoms with Gasteiger partial charge in [0.15, 0.2) is 5.82 Å². The van der Waals surface area contributed by atoms with Gasteiger partial charge in [-0.3, -0.25) is 4.90 Å². The Hall–Kier alpha value is -4.87. The molecule has 11 nitrogen and oxygen atoms in total. The number of nitrogens with zero attached hydrogens (tertiary/aromatic N) is 6. The number of hydrogen-bond donors (Lipinski definition) is 2. The molecule has 2 unspecified atom stereocenters. The second kappa shape index (κ2) is 12.9. The lowest BCUT2D eigenvalue weighted by Gasteiger charge is -2.37. The summed E-state index contributed by atoms with van der Waals surface area (Å²) in [4.78, 5) is 35.7. The molecule has 0 saturated carbocycles. The molecule has 4 aromatic rings. The zero-order valence-electron chi connectivity index (χ0n) is 25.7. The lowest BCUT2D eigenvalue weighted by molar-refractivity contribution is -0.919. The van der Waals surface area contributed by atoms with Gasteiger partial charge in [-0.25, -0.2) is 24.2 Å². The summed E-state index contributed by atoms with van der Waals surface area (Å²) in [6.45, 7) is 4.21. The Morgan fingerprint density at radius 3 is 2.59 bits per heavy atom. The minimum absolute atomic E-state index is 0. The van der Waals surface area contributed by atoms with Gasteiger partial charge in [0.2, 0.25) is 5.95 Å². The number of hydrogen-bond acceptors (Lipinski definition) is 7. The number of methoxy groups -OCH3 is 1. The Morgan fingerprint density at radius 1 is 1.22 bits per heavy atom. The van der Waals surface area contributed by atoms with Crippen molar-refractivity contribution in [2.45, 2.75) is 38.5 Å². The molecule has 1 aliphatic heterocycles. The van der Waals surface area contributed by atoms with Gasteiger partial charge in [0.1, 0.15) is 12.1 Å². The number of nitrogens with one attached hydrogen (secondary N) is 2. The van der Waals surface area contributed by atoms with Gasteiger partial charge >= 0.3 is 17.8 Å². The summed E-state index contributed by atoms with van der Waals surface area (Å²) in [5.74, 6) is 0.0347.